The molecule has 3 heteroatoms. The molecule has 2 heterocycles. The van der Waals surface area contributed by atoms with E-state index in [1.807, 2.05) is 30.1 Å². The number of piperidine rings is 1. The third-order valence-electron chi connectivity index (χ3n) is 3.88. The smallest absolute Gasteiger partial charge is 0.238 e. The molecule has 84 valence electrons. The first-order valence-electron chi connectivity index (χ1n) is 5.84. The van der Waals surface area contributed by atoms with Crippen LogP contribution in [0.25, 0.3) is 0 Å². The summed E-state index contributed by atoms with van der Waals surface area (Å²) in [6.07, 6.45) is 2.05. The van der Waals surface area contributed by atoms with E-state index < -0.39 is 0 Å². The van der Waals surface area contributed by atoms with Gasteiger partial charge in [-0.3, -0.25) is 4.79 Å². The number of para-hydroxylation sites is 1. The molecule has 1 aromatic rings. The molecule has 0 aromatic heterocycles. The zero-order valence-corrected chi connectivity index (χ0v) is 9.49. The van der Waals surface area contributed by atoms with Gasteiger partial charge >= 0.3 is 0 Å². The molecule has 1 atom stereocenters. The number of likely N-dealkylation sites (N-methyl/N-ethyl adjacent to an activating group) is 1. The molecule has 3 rings (SSSR count). The van der Waals surface area contributed by atoms with E-state index in [4.69, 9.17) is 0 Å². The summed E-state index contributed by atoms with van der Waals surface area (Å²) in [5.41, 5.74) is 2.00. The topological polar surface area (TPSA) is 32.3 Å². The van der Waals surface area contributed by atoms with E-state index >= 15 is 0 Å². The fourth-order valence-corrected chi connectivity index (χ4v) is 3.03. The number of anilines is 1. The van der Waals surface area contributed by atoms with Gasteiger partial charge in [-0.15, -0.1) is 0 Å². The minimum Gasteiger partial charge on any atom is -0.315 e. The largest absolute Gasteiger partial charge is 0.315 e. The van der Waals surface area contributed by atoms with Crippen LogP contribution in [0.15, 0.2) is 24.3 Å². The quantitative estimate of drug-likeness (QED) is 0.708. The highest BCUT2D eigenvalue weighted by Gasteiger charge is 2.49. The highest BCUT2D eigenvalue weighted by molar-refractivity contribution is 6.08. The lowest BCUT2D eigenvalue weighted by molar-refractivity contribution is -0.123. The van der Waals surface area contributed by atoms with Gasteiger partial charge in [-0.2, -0.15) is 0 Å². The summed E-state index contributed by atoms with van der Waals surface area (Å²) in [4.78, 5) is 14.2. The second kappa shape index (κ2) is 3.32. The van der Waals surface area contributed by atoms with Gasteiger partial charge in [0.25, 0.3) is 0 Å². The Balaban J connectivity index is 2.16. The van der Waals surface area contributed by atoms with Crippen molar-refractivity contribution in [3.05, 3.63) is 29.8 Å². The minimum absolute atomic E-state index is 0.251. The van der Waals surface area contributed by atoms with Crippen LogP contribution in [0.3, 0.4) is 0 Å². The van der Waals surface area contributed by atoms with Crippen LogP contribution >= 0.6 is 0 Å². The van der Waals surface area contributed by atoms with Crippen LogP contribution < -0.4 is 10.2 Å². The maximum atomic E-state index is 12.4. The standard InChI is InChI=1S/C13H16N2O/c1-15-11-6-3-2-5-10(11)13(12(15)16)7-4-8-14-9-13/h2-3,5-6,14H,4,7-9H2,1H3/t13-/m0/s1. The molecule has 1 fully saturated rings. The first-order valence-corrected chi connectivity index (χ1v) is 5.84. The van der Waals surface area contributed by atoms with Crippen LogP contribution in [0.4, 0.5) is 5.69 Å². The third kappa shape index (κ3) is 1.09. The van der Waals surface area contributed by atoms with Crippen molar-refractivity contribution < 1.29 is 4.79 Å². The summed E-state index contributed by atoms with van der Waals surface area (Å²) in [5, 5.41) is 3.36. The molecule has 1 spiro atoms. The zero-order chi connectivity index (χ0) is 11.2. The predicted molar refractivity (Wildman–Crippen MR) is 63.6 cm³/mol. The number of hydrogen-bond donors (Lipinski definition) is 1. The van der Waals surface area contributed by atoms with Gasteiger partial charge < -0.3 is 10.2 Å². The number of hydrogen-bond acceptors (Lipinski definition) is 2. The van der Waals surface area contributed by atoms with Gasteiger partial charge in [0.15, 0.2) is 0 Å². The fourth-order valence-electron chi connectivity index (χ4n) is 3.03. The SMILES string of the molecule is CN1C(=O)[C@]2(CCCNC2)c2ccccc21. The van der Waals surface area contributed by atoms with E-state index in [2.05, 4.69) is 11.4 Å². The predicted octanol–water partition coefficient (Wildman–Crippen LogP) is 1.28. The van der Waals surface area contributed by atoms with E-state index in [1.54, 1.807) is 0 Å². The van der Waals surface area contributed by atoms with Crippen LogP contribution in [-0.4, -0.2) is 26.0 Å². The lowest BCUT2D eigenvalue weighted by Crippen LogP contribution is -2.49. The molecule has 2 aliphatic rings. The molecule has 16 heavy (non-hydrogen) atoms. The second-order valence-electron chi connectivity index (χ2n) is 4.74. The van der Waals surface area contributed by atoms with Crippen molar-refractivity contribution in [2.75, 3.05) is 25.0 Å². The Morgan fingerprint density at radius 3 is 2.94 bits per heavy atom. The van der Waals surface area contributed by atoms with E-state index in [0.29, 0.717) is 0 Å². The maximum Gasteiger partial charge on any atom is 0.238 e. The zero-order valence-electron chi connectivity index (χ0n) is 9.49. The van der Waals surface area contributed by atoms with Crippen LogP contribution in [0.5, 0.6) is 0 Å². The van der Waals surface area contributed by atoms with Crippen LogP contribution in [0.1, 0.15) is 18.4 Å². The molecule has 1 aromatic carbocycles. The summed E-state index contributed by atoms with van der Waals surface area (Å²) in [6.45, 7) is 1.81. The van der Waals surface area contributed by atoms with E-state index in [9.17, 15) is 4.79 Å². The summed E-state index contributed by atoms with van der Waals surface area (Å²) in [6, 6.07) is 8.17. The second-order valence-corrected chi connectivity index (χ2v) is 4.74. The van der Waals surface area contributed by atoms with Crippen molar-refractivity contribution in [3.8, 4) is 0 Å². The van der Waals surface area contributed by atoms with Crippen molar-refractivity contribution in [2.45, 2.75) is 18.3 Å². The molecule has 2 aliphatic heterocycles. The highest BCUT2D eigenvalue weighted by Crippen LogP contribution is 2.44. The molecule has 0 radical (unpaired) electrons. The van der Waals surface area contributed by atoms with Gasteiger partial charge in [0.1, 0.15) is 0 Å². The Kier molecular flexibility index (Phi) is 2.04. The monoisotopic (exact) mass is 216 g/mol. The summed E-state index contributed by atoms with van der Waals surface area (Å²) < 4.78 is 0. The van der Waals surface area contributed by atoms with Crippen molar-refractivity contribution >= 4 is 11.6 Å². The molecule has 1 N–H and O–H groups in total. The summed E-state index contributed by atoms with van der Waals surface area (Å²) in [5.74, 6) is 0.251. The molecule has 1 saturated heterocycles. The van der Waals surface area contributed by atoms with Crippen molar-refractivity contribution in [1.29, 1.82) is 0 Å². The molecule has 1 amide bonds. The number of nitrogens with zero attached hydrogens (tertiary/aromatic N) is 1. The minimum atomic E-state index is -0.288. The van der Waals surface area contributed by atoms with Gasteiger partial charge in [-0.05, 0) is 31.0 Å². The first kappa shape index (κ1) is 9.85. The number of carbonyl (C=O) groups excluding carboxylic acids is 1. The van der Waals surface area contributed by atoms with Gasteiger partial charge in [0.2, 0.25) is 5.91 Å². The van der Waals surface area contributed by atoms with Gasteiger partial charge in [-0.25, -0.2) is 0 Å². The van der Waals surface area contributed by atoms with Gasteiger partial charge in [0.05, 0.1) is 5.41 Å². The lowest BCUT2D eigenvalue weighted by atomic mass is 9.76. The van der Waals surface area contributed by atoms with E-state index in [-0.39, 0.29) is 11.3 Å². The van der Waals surface area contributed by atoms with Crippen molar-refractivity contribution in [3.63, 3.8) is 0 Å². The van der Waals surface area contributed by atoms with Gasteiger partial charge in [0, 0.05) is 19.3 Å². The normalized spacial score (nSPS) is 28.6. The molecular formula is C13H16N2O. The van der Waals surface area contributed by atoms with E-state index in [0.717, 1.165) is 31.6 Å². The Labute approximate surface area is 95.4 Å². The van der Waals surface area contributed by atoms with Crippen LogP contribution in [0.2, 0.25) is 0 Å². The number of nitrogens with one attached hydrogen (secondary N) is 1. The molecule has 0 aliphatic carbocycles. The number of fused-ring (bicyclic) bond motifs is 2. The number of amides is 1. The fraction of sp³-hybridized carbons (Fsp3) is 0.462. The number of carbonyl (C=O) groups is 1. The average molecular weight is 216 g/mol. The Morgan fingerprint density at radius 2 is 2.19 bits per heavy atom. The Hall–Kier alpha value is -1.35. The first-order chi connectivity index (χ1) is 7.76. The van der Waals surface area contributed by atoms with Crippen LogP contribution in [0, 0.1) is 0 Å². The third-order valence-corrected chi connectivity index (χ3v) is 3.88. The summed E-state index contributed by atoms with van der Waals surface area (Å²) >= 11 is 0. The molecule has 3 nitrogen and oxygen atoms in total. The molecule has 0 bridgehead atoms. The van der Waals surface area contributed by atoms with E-state index in [1.165, 1.54) is 5.56 Å². The van der Waals surface area contributed by atoms with Crippen molar-refractivity contribution in [2.24, 2.45) is 0 Å². The maximum absolute atomic E-state index is 12.4. The number of benzene rings is 1. The molecule has 0 saturated carbocycles. The Bertz CT molecular complexity index is 435. The van der Waals surface area contributed by atoms with Crippen molar-refractivity contribution in [1.82, 2.24) is 5.32 Å². The lowest BCUT2D eigenvalue weighted by Gasteiger charge is -2.32. The molecular weight excluding hydrogens is 200 g/mol. The average Bonchev–Trinajstić information content (AvgIpc) is 2.55. The Morgan fingerprint density at radius 1 is 1.38 bits per heavy atom. The molecule has 0 unspecified atom stereocenters. The number of rotatable bonds is 0. The van der Waals surface area contributed by atoms with Gasteiger partial charge in [-0.1, -0.05) is 18.2 Å². The highest BCUT2D eigenvalue weighted by atomic mass is 16.2. The van der Waals surface area contributed by atoms with Crippen LogP contribution in [-0.2, 0) is 10.2 Å². The summed E-state index contributed by atoms with van der Waals surface area (Å²) in [7, 11) is 1.88.